The van der Waals surface area contributed by atoms with Gasteiger partial charge in [-0.2, -0.15) is 11.8 Å². The summed E-state index contributed by atoms with van der Waals surface area (Å²) < 4.78 is 4.71. The van der Waals surface area contributed by atoms with E-state index in [1.54, 1.807) is 0 Å². The third-order valence-electron chi connectivity index (χ3n) is 2.79. The summed E-state index contributed by atoms with van der Waals surface area (Å²) in [5, 5.41) is 0. The third kappa shape index (κ3) is 4.74. The standard InChI is InChI=1S/C12H20O2S/c1-10(2)4-7-15-9-12(5-6-12)8-11(13)14-3/h1,4-9H2,2-3H3. The first-order valence-corrected chi connectivity index (χ1v) is 6.52. The van der Waals surface area contributed by atoms with Crippen LogP contribution in [0.5, 0.6) is 0 Å². The second-order valence-electron chi connectivity index (χ2n) is 4.51. The van der Waals surface area contributed by atoms with Gasteiger partial charge in [-0.3, -0.25) is 4.79 Å². The summed E-state index contributed by atoms with van der Waals surface area (Å²) >= 11 is 1.93. The van der Waals surface area contributed by atoms with Crippen LogP contribution in [0.15, 0.2) is 12.2 Å². The minimum atomic E-state index is -0.0620. The summed E-state index contributed by atoms with van der Waals surface area (Å²) in [6.07, 6.45) is 4.05. The van der Waals surface area contributed by atoms with E-state index in [9.17, 15) is 4.79 Å². The van der Waals surface area contributed by atoms with Crippen LogP contribution in [-0.2, 0) is 9.53 Å². The fourth-order valence-corrected chi connectivity index (χ4v) is 2.92. The zero-order chi connectivity index (χ0) is 11.3. The summed E-state index contributed by atoms with van der Waals surface area (Å²) in [5.41, 5.74) is 1.51. The number of methoxy groups -OCH3 is 1. The molecule has 1 aliphatic carbocycles. The van der Waals surface area contributed by atoms with E-state index in [2.05, 4.69) is 13.5 Å². The van der Waals surface area contributed by atoms with E-state index in [4.69, 9.17) is 4.74 Å². The molecule has 0 heterocycles. The number of ether oxygens (including phenoxy) is 1. The molecule has 2 nitrogen and oxygen atoms in total. The second-order valence-corrected chi connectivity index (χ2v) is 5.62. The lowest BCUT2D eigenvalue weighted by molar-refractivity contribution is -0.141. The van der Waals surface area contributed by atoms with Crippen LogP contribution in [0.25, 0.3) is 0 Å². The number of hydrogen-bond acceptors (Lipinski definition) is 3. The molecule has 1 aliphatic rings. The van der Waals surface area contributed by atoms with Crippen LogP contribution in [-0.4, -0.2) is 24.6 Å². The van der Waals surface area contributed by atoms with Crippen molar-refractivity contribution in [3.8, 4) is 0 Å². The molecule has 0 saturated heterocycles. The molecule has 0 radical (unpaired) electrons. The molecule has 1 saturated carbocycles. The topological polar surface area (TPSA) is 26.3 Å². The predicted molar refractivity (Wildman–Crippen MR) is 65.1 cm³/mol. The summed E-state index contributed by atoms with van der Waals surface area (Å²) in [5.74, 6) is 2.15. The summed E-state index contributed by atoms with van der Waals surface area (Å²) in [4.78, 5) is 11.2. The molecule has 0 aromatic rings. The van der Waals surface area contributed by atoms with Gasteiger partial charge in [0.1, 0.15) is 0 Å². The molecule has 0 aliphatic heterocycles. The van der Waals surface area contributed by atoms with Crippen LogP contribution < -0.4 is 0 Å². The molecular weight excluding hydrogens is 208 g/mol. The van der Waals surface area contributed by atoms with Crippen molar-refractivity contribution in [3.05, 3.63) is 12.2 Å². The first-order chi connectivity index (χ1) is 7.08. The van der Waals surface area contributed by atoms with E-state index < -0.39 is 0 Å². The molecule has 1 rings (SSSR count). The third-order valence-corrected chi connectivity index (χ3v) is 4.09. The van der Waals surface area contributed by atoms with Crippen LogP contribution in [0.3, 0.4) is 0 Å². The SMILES string of the molecule is C=C(C)CCSCC1(CC(=O)OC)CC1. The fourth-order valence-electron chi connectivity index (χ4n) is 1.46. The molecule has 0 spiro atoms. The van der Waals surface area contributed by atoms with Gasteiger partial charge in [0.25, 0.3) is 0 Å². The Morgan fingerprint density at radius 2 is 2.20 bits per heavy atom. The van der Waals surface area contributed by atoms with Crippen LogP contribution in [0.2, 0.25) is 0 Å². The van der Waals surface area contributed by atoms with Gasteiger partial charge in [0.2, 0.25) is 0 Å². The van der Waals surface area contributed by atoms with E-state index in [1.165, 1.54) is 25.5 Å². The number of carbonyl (C=O) groups excluding carboxylic acids is 1. The van der Waals surface area contributed by atoms with Gasteiger partial charge >= 0.3 is 5.97 Å². The lowest BCUT2D eigenvalue weighted by atomic mass is 10.1. The average molecular weight is 228 g/mol. The van der Waals surface area contributed by atoms with E-state index in [0.717, 1.165) is 17.9 Å². The Morgan fingerprint density at radius 3 is 2.67 bits per heavy atom. The Hall–Kier alpha value is -0.440. The van der Waals surface area contributed by atoms with Crippen molar-refractivity contribution in [2.75, 3.05) is 18.6 Å². The highest BCUT2D eigenvalue weighted by Crippen LogP contribution is 2.51. The van der Waals surface area contributed by atoms with Crippen molar-refractivity contribution in [1.82, 2.24) is 0 Å². The van der Waals surface area contributed by atoms with Gasteiger partial charge in [0, 0.05) is 0 Å². The van der Waals surface area contributed by atoms with Crippen LogP contribution >= 0.6 is 11.8 Å². The number of hydrogen-bond donors (Lipinski definition) is 0. The first kappa shape index (κ1) is 12.6. The minimum absolute atomic E-state index is 0.0620. The monoisotopic (exact) mass is 228 g/mol. The molecule has 3 heteroatoms. The van der Waals surface area contributed by atoms with Gasteiger partial charge in [0.15, 0.2) is 0 Å². The normalized spacial score (nSPS) is 17.2. The summed E-state index contributed by atoms with van der Waals surface area (Å²) in [6.45, 7) is 5.94. The summed E-state index contributed by atoms with van der Waals surface area (Å²) in [6, 6.07) is 0. The maximum absolute atomic E-state index is 11.2. The van der Waals surface area contributed by atoms with E-state index in [1.807, 2.05) is 11.8 Å². The molecule has 0 aromatic heterocycles. The smallest absolute Gasteiger partial charge is 0.306 e. The number of rotatable bonds is 7. The zero-order valence-corrected chi connectivity index (χ0v) is 10.5. The molecule has 0 N–H and O–H groups in total. The number of allylic oxidation sites excluding steroid dienone is 1. The highest BCUT2D eigenvalue weighted by atomic mass is 32.2. The first-order valence-electron chi connectivity index (χ1n) is 5.37. The lowest BCUT2D eigenvalue weighted by Crippen LogP contribution is -2.13. The van der Waals surface area contributed by atoms with Crippen LogP contribution in [0.4, 0.5) is 0 Å². The van der Waals surface area contributed by atoms with Gasteiger partial charge in [-0.05, 0) is 43.1 Å². The van der Waals surface area contributed by atoms with Crippen molar-refractivity contribution in [1.29, 1.82) is 0 Å². The molecular formula is C12H20O2S. The molecule has 0 amide bonds. The van der Waals surface area contributed by atoms with Crippen molar-refractivity contribution < 1.29 is 9.53 Å². The highest BCUT2D eigenvalue weighted by Gasteiger charge is 2.44. The van der Waals surface area contributed by atoms with Crippen molar-refractivity contribution in [2.24, 2.45) is 5.41 Å². The molecule has 0 aromatic carbocycles. The van der Waals surface area contributed by atoms with Gasteiger partial charge in [-0.1, -0.05) is 5.57 Å². The maximum atomic E-state index is 11.2. The van der Waals surface area contributed by atoms with Gasteiger partial charge in [-0.15, -0.1) is 6.58 Å². The minimum Gasteiger partial charge on any atom is -0.469 e. The molecule has 1 fully saturated rings. The Labute approximate surface area is 96.5 Å². The van der Waals surface area contributed by atoms with Gasteiger partial charge in [-0.25, -0.2) is 0 Å². The highest BCUT2D eigenvalue weighted by molar-refractivity contribution is 7.99. The lowest BCUT2D eigenvalue weighted by Gasteiger charge is -2.12. The molecule has 0 atom stereocenters. The van der Waals surface area contributed by atoms with E-state index in [-0.39, 0.29) is 11.4 Å². The Bertz CT molecular complexity index is 244. The average Bonchev–Trinajstić information content (AvgIpc) is 2.93. The van der Waals surface area contributed by atoms with Crippen molar-refractivity contribution >= 4 is 17.7 Å². The van der Waals surface area contributed by atoms with E-state index >= 15 is 0 Å². The van der Waals surface area contributed by atoms with Crippen molar-refractivity contribution in [2.45, 2.75) is 32.6 Å². The largest absolute Gasteiger partial charge is 0.469 e. The molecule has 15 heavy (non-hydrogen) atoms. The summed E-state index contributed by atoms with van der Waals surface area (Å²) in [7, 11) is 1.46. The maximum Gasteiger partial charge on any atom is 0.306 e. The van der Waals surface area contributed by atoms with Crippen LogP contribution in [0.1, 0.15) is 32.6 Å². The Kier molecular flexibility index (Phi) is 4.71. The van der Waals surface area contributed by atoms with Gasteiger partial charge in [0.05, 0.1) is 13.5 Å². The zero-order valence-electron chi connectivity index (χ0n) is 9.67. The Morgan fingerprint density at radius 1 is 1.53 bits per heavy atom. The molecule has 0 unspecified atom stereocenters. The number of carbonyl (C=O) groups is 1. The second kappa shape index (κ2) is 5.59. The van der Waals surface area contributed by atoms with Crippen molar-refractivity contribution in [3.63, 3.8) is 0 Å². The molecule has 0 bridgehead atoms. The fraction of sp³-hybridized carbons (Fsp3) is 0.750. The number of thioether (sulfide) groups is 1. The quantitative estimate of drug-likeness (QED) is 0.380. The Balaban J connectivity index is 2.14. The van der Waals surface area contributed by atoms with Crippen LogP contribution in [0, 0.1) is 5.41 Å². The van der Waals surface area contributed by atoms with Gasteiger partial charge < -0.3 is 4.74 Å². The predicted octanol–water partition coefficient (Wildman–Crippen LogP) is 3.03. The number of esters is 1. The molecule has 86 valence electrons. The van der Waals surface area contributed by atoms with E-state index in [0.29, 0.717) is 6.42 Å².